The third kappa shape index (κ3) is 3.20. The third-order valence-corrected chi connectivity index (χ3v) is 3.34. The van der Waals surface area contributed by atoms with Crippen LogP contribution in [-0.2, 0) is 0 Å². The maximum Gasteiger partial charge on any atom is 0.196 e. The lowest BCUT2D eigenvalue weighted by Crippen LogP contribution is -2.10. The van der Waals surface area contributed by atoms with Crippen molar-refractivity contribution in [2.24, 2.45) is 0 Å². The van der Waals surface area contributed by atoms with Gasteiger partial charge >= 0.3 is 0 Å². The van der Waals surface area contributed by atoms with Gasteiger partial charge in [-0.15, -0.1) is 0 Å². The molecule has 0 saturated heterocycles. The van der Waals surface area contributed by atoms with E-state index in [4.69, 9.17) is 16.3 Å². The number of hydrogen-bond acceptors (Lipinski definition) is 2. The molecule has 0 aliphatic heterocycles. The molecule has 0 amide bonds. The minimum atomic E-state index is -0.0804. The topological polar surface area (TPSA) is 26.3 Å². The summed E-state index contributed by atoms with van der Waals surface area (Å²) in [6, 6.07) is 12.6. The van der Waals surface area contributed by atoms with Gasteiger partial charge in [0.05, 0.1) is 11.7 Å². The monoisotopic (exact) mass is 288 g/mol. The average molecular weight is 289 g/mol. The summed E-state index contributed by atoms with van der Waals surface area (Å²) < 4.78 is 5.69. The maximum atomic E-state index is 12.6. The van der Waals surface area contributed by atoms with Crippen LogP contribution in [0.4, 0.5) is 0 Å². The summed E-state index contributed by atoms with van der Waals surface area (Å²) in [5.41, 5.74) is 2.08. The molecule has 104 valence electrons. The summed E-state index contributed by atoms with van der Waals surface area (Å²) in [6.45, 7) is 5.78. The molecule has 0 unspecified atom stereocenters. The minimum Gasteiger partial charge on any atom is -0.490 e. The number of halogens is 1. The zero-order valence-electron chi connectivity index (χ0n) is 11.8. The zero-order chi connectivity index (χ0) is 14.7. The van der Waals surface area contributed by atoms with Gasteiger partial charge < -0.3 is 4.74 Å². The van der Waals surface area contributed by atoms with Crippen molar-refractivity contribution in [3.05, 3.63) is 64.2 Å². The van der Waals surface area contributed by atoms with Gasteiger partial charge in [0.15, 0.2) is 5.78 Å². The van der Waals surface area contributed by atoms with Crippen LogP contribution >= 0.6 is 11.6 Å². The van der Waals surface area contributed by atoms with E-state index >= 15 is 0 Å². The van der Waals surface area contributed by atoms with Crippen LogP contribution in [0.5, 0.6) is 5.75 Å². The molecule has 2 aromatic rings. The summed E-state index contributed by atoms with van der Waals surface area (Å²) in [5, 5.41) is 0.595. The van der Waals surface area contributed by atoms with Crippen molar-refractivity contribution in [3.63, 3.8) is 0 Å². The van der Waals surface area contributed by atoms with Gasteiger partial charge in [-0.05, 0) is 44.5 Å². The van der Waals surface area contributed by atoms with Gasteiger partial charge in [-0.2, -0.15) is 0 Å². The smallest absolute Gasteiger partial charge is 0.196 e. The van der Waals surface area contributed by atoms with Crippen LogP contribution < -0.4 is 4.74 Å². The molecule has 0 bridgehead atoms. The van der Waals surface area contributed by atoms with Crippen LogP contribution in [0, 0.1) is 6.92 Å². The van der Waals surface area contributed by atoms with Gasteiger partial charge in [0.2, 0.25) is 0 Å². The third-order valence-electron chi connectivity index (χ3n) is 2.93. The van der Waals surface area contributed by atoms with Gasteiger partial charge in [-0.1, -0.05) is 35.9 Å². The molecule has 0 aliphatic rings. The Kier molecular flexibility index (Phi) is 4.46. The standard InChI is InChI=1S/C17H17ClO2/c1-11(2)20-16-7-5-4-6-14(16)17(19)13-9-8-12(3)15(18)10-13/h4-11H,1-3H3. The highest BCUT2D eigenvalue weighted by Gasteiger charge is 2.15. The van der Waals surface area contributed by atoms with E-state index in [1.807, 2.05) is 45.0 Å². The van der Waals surface area contributed by atoms with Crippen LogP contribution in [0.25, 0.3) is 0 Å². The molecular formula is C17H17ClO2. The molecule has 0 heterocycles. The molecule has 0 atom stereocenters. The summed E-state index contributed by atoms with van der Waals surface area (Å²) in [4.78, 5) is 12.6. The molecule has 20 heavy (non-hydrogen) atoms. The van der Waals surface area contributed by atoms with E-state index < -0.39 is 0 Å². The molecule has 0 aliphatic carbocycles. The lowest BCUT2D eigenvalue weighted by Gasteiger charge is -2.13. The van der Waals surface area contributed by atoms with E-state index in [0.717, 1.165) is 5.56 Å². The van der Waals surface area contributed by atoms with E-state index in [-0.39, 0.29) is 11.9 Å². The SMILES string of the molecule is Cc1ccc(C(=O)c2ccccc2OC(C)C)cc1Cl. The van der Waals surface area contributed by atoms with Crippen molar-refractivity contribution in [3.8, 4) is 5.75 Å². The Morgan fingerprint density at radius 3 is 2.50 bits per heavy atom. The Labute approximate surface area is 124 Å². The van der Waals surface area contributed by atoms with Crippen molar-refractivity contribution in [2.75, 3.05) is 0 Å². The Morgan fingerprint density at radius 2 is 1.85 bits per heavy atom. The number of ether oxygens (including phenoxy) is 1. The molecule has 0 fully saturated rings. The highest BCUT2D eigenvalue weighted by atomic mass is 35.5. The molecule has 0 radical (unpaired) electrons. The zero-order valence-corrected chi connectivity index (χ0v) is 12.6. The second-order valence-electron chi connectivity index (χ2n) is 4.96. The normalized spacial score (nSPS) is 10.7. The quantitative estimate of drug-likeness (QED) is 0.765. The summed E-state index contributed by atoms with van der Waals surface area (Å²) in [6.07, 6.45) is 0.0190. The second-order valence-corrected chi connectivity index (χ2v) is 5.36. The van der Waals surface area contributed by atoms with E-state index in [1.54, 1.807) is 18.2 Å². The van der Waals surface area contributed by atoms with Crippen LogP contribution in [0.15, 0.2) is 42.5 Å². The average Bonchev–Trinajstić information content (AvgIpc) is 2.41. The Bertz CT molecular complexity index is 633. The number of carbonyl (C=O) groups is 1. The largest absolute Gasteiger partial charge is 0.490 e. The number of ketones is 1. The highest BCUT2D eigenvalue weighted by Crippen LogP contribution is 2.25. The number of benzene rings is 2. The first-order valence-corrected chi connectivity index (χ1v) is 6.93. The van der Waals surface area contributed by atoms with Crippen molar-refractivity contribution >= 4 is 17.4 Å². The van der Waals surface area contributed by atoms with Gasteiger partial charge in [-0.25, -0.2) is 0 Å². The van der Waals surface area contributed by atoms with Gasteiger partial charge in [0.1, 0.15) is 5.75 Å². The van der Waals surface area contributed by atoms with E-state index in [0.29, 0.717) is 21.9 Å². The number of rotatable bonds is 4. The first-order chi connectivity index (χ1) is 9.49. The predicted molar refractivity (Wildman–Crippen MR) is 81.8 cm³/mol. The molecule has 0 aromatic heterocycles. The number of para-hydroxylation sites is 1. The molecule has 2 aromatic carbocycles. The lowest BCUT2D eigenvalue weighted by molar-refractivity contribution is 0.103. The molecule has 3 heteroatoms. The highest BCUT2D eigenvalue weighted by molar-refractivity contribution is 6.32. The van der Waals surface area contributed by atoms with E-state index in [2.05, 4.69) is 0 Å². The Balaban J connectivity index is 2.40. The number of aryl methyl sites for hydroxylation is 1. The second kappa shape index (κ2) is 6.10. The Hall–Kier alpha value is -1.80. The maximum absolute atomic E-state index is 12.6. The van der Waals surface area contributed by atoms with Crippen molar-refractivity contribution in [1.82, 2.24) is 0 Å². The summed E-state index contributed by atoms with van der Waals surface area (Å²) in [7, 11) is 0. The van der Waals surface area contributed by atoms with Crippen LogP contribution in [-0.4, -0.2) is 11.9 Å². The van der Waals surface area contributed by atoms with Gasteiger partial charge in [-0.3, -0.25) is 4.79 Å². The summed E-state index contributed by atoms with van der Waals surface area (Å²) >= 11 is 6.09. The fourth-order valence-electron chi connectivity index (χ4n) is 1.90. The van der Waals surface area contributed by atoms with Crippen LogP contribution in [0.3, 0.4) is 0 Å². The Morgan fingerprint density at radius 1 is 1.15 bits per heavy atom. The molecule has 0 spiro atoms. The van der Waals surface area contributed by atoms with Crippen molar-refractivity contribution in [1.29, 1.82) is 0 Å². The molecular weight excluding hydrogens is 272 g/mol. The fraction of sp³-hybridized carbons (Fsp3) is 0.235. The van der Waals surface area contributed by atoms with Crippen molar-refractivity contribution in [2.45, 2.75) is 26.9 Å². The van der Waals surface area contributed by atoms with E-state index in [1.165, 1.54) is 0 Å². The van der Waals surface area contributed by atoms with E-state index in [9.17, 15) is 4.79 Å². The fourth-order valence-corrected chi connectivity index (χ4v) is 2.08. The molecule has 0 N–H and O–H groups in total. The first kappa shape index (κ1) is 14.6. The molecule has 2 nitrogen and oxygen atoms in total. The van der Waals surface area contributed by atoms with Crippen molar-refractivity contribution < 1.29 is 9.53 Å². The predicted octanol–water partition coefficient (Wildman–Crippen LogP) is 4.67. The van der Waals surface area contributed by atoms with Gasteiger partial charge in [0.25, 0.3) is 0 Å². The van der Waals surface area contributed by atoms with Crippen LogP contribution in [0.1, 0.15) is 35.3 Å². The summed E-state index contributed by atoms with van der Waals surface area (Å²) in [5.74, 6) is 0.521. The van der Waals surface area contributed by atoms with Crippen LogP contribution in [0.2, 0.25) is 5.02 Å². The molecule has 0 saturated carbocycles. The minimum absolute atomic E-state index is 0.0190. The number of carbonyl (C=O) groups excluding carboxylic acids is 1. The number of hydrogen-bond donors (Lipinski definition) is 0. The van der Waals surface area contributed by atoms with Gasteiger partial charge in [0, 0.05) is 10.6 Å². The molecule has 2 rings (SSSR count). The first-order valence-electron chi connectivity index (χ1n) is 6.55. The lowest BCUT2D eigenvalue weighted by atomic mass is 10.0.